The fraction of sp³-hybridized carbons (Fsp3) is 0.446. The minimum absolute atomic E-state index is 0.0197. The number of aliphatic hydroxyl groups is 2. The van der Waals surface area contributed by atoms with Gasteiger partial charge in [-0.3, -0.25) is 4.79 Å². The number of benzene rings is 4. The van der Waals surface area contributed by atoms with E-state index in [1.165, 1.54) is 46.3 Å². The molecule has 7 rings (SSSR count). The van der Waals surface area contributed by atoms with Crippen LogP contribution in [0.15, 0.2) is 102 Å². The van der Waals surface area contributed by atoms with Crippen LogP contribution in [0.4, 0.5) is 83.4 Å². The lowest BCUT2D eigenvalue weighted by molar-refractivity contribution is -0.145. The number of esters is 2. The normalized spacial score (nSPS) is 20.2. The quantitative estimate of drug-likeness (QED) is 0.0979. The molecule has 0 spiro atoms. The Balaban J connectivity index is 0.000000261. The van der Waals surface area contributed by atoms with E-state index in [1.54, 1.807) is 6.08 Å². The number of carboxylic acids is 1. The number of hydrogen-bond acceptors (Lipinski definition) is 9. The number of halogens is 19. The smallest absolute Gasteiger partial charge is 0.416 e. The Kier molecular flexibility index (Phi) is 23.5. The van der Waals surface area contributed by atoms with Crippen LogP contribution in [0.1, 0.15) is 139 Å². The molecule has 3 aliphatic rings. The lowest BCUT2D eigenvalue weighted by atomic mass is 9.87. The first kappa shape index (κ1) is 70.8. The first-order valence-electron chi connectivity index (χ1n) is 25.1. The summed E-state index contributed by atoms with van der Waals surface area (Å²) >= 11 is 0. The van der Waals surface area contributed by atoms with Gasteiger partial charge in [0.1, 0.15) is 5.82 Å². The number of methoxy groups -OCH3 is 2. The molecule has 3 aliphatic carbocycles. The minimum Gasteiger partial charge on any atom is -0.481 e. The molecular weight excluding hydrogens is 1190 g/mol. The van der Waals surface area contributed by atoms with Crippen LogP contribution in [0.5, 0.6) is 0 Å². The molecule has 0 amide bonds. The predicted octanol–water partition coefficient (Wildman–Crippen LogP) is 15.7. The van der Waals surface area contributed by atoms with Gasteiger partial charge in [-0.2, -0.15) is 79.0 Å². The van der Waals surface area contributed by atoms with Gasteiger partial charge in [0.15, 0.2) is 0 Å². The Morgan fingerprint density at radius 2 is 0.847 bits per heavy atom. The van der Waals surface area contributed by atoms with Crippen molar-refractivity contribution in [2.24, 2.45) is 5.92 Å². The number of ether oxygens (including phenoxy) is 4. The summed E-state index contributed by atoms with van der Waals surface area (Å²) in [6, 6.07) is 8.68. The van der Waals surface area contributed by atoms with E-state index in [-0.39, 0.29) is 48.1 Å². The van der Waals surface area contributed by atoms with E-state index >= 15 is 0 Å². The molecule has 29 heteroatoms. The minimum atomic E-state index is -4.99. The summed E-state index contributed by atoms with van der Waals surface area (Å²) in [5.74, 6) is -4.13. The van der Waals surface area contributed by atoms with Crippen molar-refractivity contribution in [3.63, 3.8) is 0 Å². The maximum absolute atomic E-state index is 13.3. The van der Waals surface area contributed by atoms with E-state index in [0.717, 1.165) is 19.1 Å². The molecule has 470 valence electrons. The number of carbonyl (C=O) groups excluding carboxylic acids is 2. The molecule has 10 nitrogen and oxygen atoms in total. The molecule has 2 unspecified atom stereocenters. The zero-order chi connectivity index (χ0) is 64.5. The molecule has 1 fully saturated rings. The van der Waals surface area contributed by atoms with Gasteiger partial charge < -0.3 is 34.3 Å². The molecule has 4 aromatic carbocycles. The number of carboxylic acid groups (broad SMARTS) is 1. The van der Waals surface area contributed by atoms with Crippen molar-refractivity contribution in [3.8, 4) is 0 Å². The molecule has 1 saturated carbocycles. The van der Waals surface area contributed by atoms with Crippen molar-refractivity contribution < 1.29 is 132 Å². The second kappa shape index (κ2) is 28.2. The van der Waals surface area contributed by atoms with Crippen molar-refractivity contribution in [3.05, 3.63) is 164 Å². The molecule has 0 aromatic heterocycles. The molecule has 0 heterocycles. The molecule has 0 saturated heterocycles. The highest BCUT2D eigenvalue weighted by Crippen LogP contribution is 2.46. The van der Waals surface area contributed by atoms with Gasteiger partial charge in [-0.05, 0) is 160 Å². The number of aliphatic carboxylic acids is 1. The Labute approximate surface area is 471 Å². The van der Waals surface area contributed by atoms with Gasteiger partial charge >= 0.3 is 55.0 Å². The van der Waals surface area contributed by atoms with Gasteiger partial charge in [0.25, 0.3) is 0 Å². The van der Waals surface area contributed by atoms with Gasteiger partial charge in [0.05, 0.1) is 90.1 Å². The molecule has 85 heavy (non-hydrogen) atoms. The van der Waals surface area contributed by atoms with Gasteiger partial charge in [-0.15, -0.1) is 0 Å². The zero-order valence-electron chi connectivity index (χ0n) is 44.9. The molecular formula is C56H53F19O10. The first-order chi connectivity index (χ1) is 38.9. The predicted molar refractivity (Wildman–Crippen MR) is 261 cm³/mol. The second-order valence-electron chi connectivity index (χ2n) is 19.4. The zero-order valence-corrected chi connectivity index (χ0v) is 44.9. The lowest BCUT2D eigenvalue weighted by Gasteiger charge is -2.27. The summed E-state index contributed by atoms with van der Waals surface area (Å²) in [7, 11) is 2.55. The largest absolute Gasteiger partial charge is 0.481 e. The maximum Gasteiger partial charge on any atom is 0.416 e. The van der Waals surface area contributed by atoms with Crippen LogP contribution in [0.25, 0.3) is 0 Å². The van der Waals surface area contributed by atoms with Crippen LogP contribution < -0.4 is 0 Å². The Hall–Kier alpha value is -6.72. The molecule has 8 atom stereocenters. The molecule has 4 aromatic rings. The monoisotopic (exact) mass is 1250 g/mol. The third kappa shape index (κ3) is 20.5. The fourth-order valence-corrected chi connectivity index (χ4v) is 8.95. The van der Waals surface area contributed by atoms with Gasteiger partial charge in [-0.1, -0.05) is 12.1 Å². The highest BCUT2D eigenvalue weighted by atomic mass is 19.4. The van der Waals surface area contributed by atoms with Crippen molar-refractivity contribution in [1.82, 2.24) is 0 Å². The SMILES string of the molecule is COC(=O)C1=CC(O[C@H](C)c2cc(C(F)(F)F)cc(C(F)(F)F)c2)CC1.COC(=O)C1=C[C@@H](O)CC1.C[C@@H](O)c1cc(C(F)(F)F)cc(C(F)(F)F)c1.C[C@@H](OC1CC[C@@H](C(=O)O)[C@@H]1c1ccc(F)cc1)c1cc(C(F)(F)F)cc(C(F)(F)F)c1. The second-order valence-corrected chi connectivity index (χ2v) is 19.4. The molecule has 0 radical (unpaired) electrons. The lowest BCUT2D eigenvalue weighted by Crippen LogP contribution is -2.26. The van der Waals surface area contributed by atoms with Crippen LogP contribution in [-0.2, 0) is 70.4 Å². The summed E-state index contributed by atoms with van der Waals surface area (Å²) < 4.78 is 264. The highest BCUT2D eigenvalue weighted by Gasteiger charge is 2.44. The Bertz CT molecular complexity index is 2900. The van der Waals surface area contributed by atoms with Crippen molar-refractivity contribution in [1.29, 1.82) is 0 Å². The van der Waals surface area contributed by atoms with Crippen LogP contribution in [-0.4, -0.2) is 65.8 Å². The summed E-state index contributed by atoms with van der Waals surface area (Å²) in [6.45, 7) is 3.76. The number of carbonyl (C=O) groups is 3. The average Bonchev–Trinajstić information content (AvgIpc) is 2.54. The van der Waals surface area contributed by atoms with E-state index in [4.69, 9.17) is 19.7 Å². The molecule has 0 bridgehead atoms. The number of rotatable bonds is 11. The molecule has 3 N–H and O–H groups in total. The summed E-state index contributed by atoms with van der Waals surface area (Å²) in [5.41, 5.74) is -8.13. The summed E-state index contributed by atoms with van der Waals surface area (Å²) in [6.07, 6.45) is -29.6. The number of alkyl halides is 18. The van der Waals surface area contributed by atoms with Crippen LogP contribution in [0.3, 0.4) is 0 Å². The molecule has 0 aliphatic heterocycles. The van der Waals surface area contributed by atoms with E-state index < -0.39 is 142 Å². The van der Waals surface area contributed by atoms with Gasteiger partial charge in [-0.25, -0.2) is 14.0 Å². The standard InChI is InChI=1S/C22H19F7O3.C17H16F6O3.C10H8F6O.C7H10O3/c1-11(13-8-14(21(24,25)26)10-15(9-13)22(27,28)29)32-18-7-6-17(20(30)31)19(18)12-2-4-16(23)5-3-12;1-9(26-14-4-3-10(7-14)15(24)25-2)11-5-12(16(18,19)20)8-13(6-11)17(21,22)23;1-5(17)6-2-7(9(11,12)13)4-8(3-6)10(14,15)16;1-10-7(9)5-2-3-6(8)4-5/h2-5,8-11,17-19H,6-7H2,1H3,(H,30,31);5-9,14H,3-4H2,1-2H3;2-5,17H,1H3;4,6,8H,2-3H2,1H3/t11-,17-,18?,19+;9-,14?;5-;6-/m1110/s1. The van der Waals surface area contributed by atoms with E-state index in [9.17, 15) is 103 Å². The van der Waals surface area contributed by atoms with Crippen LogP contribution in [0.2, 0.25) is 0 Å². The fourth-order valence-electron chi connectivity index (χ4n) is 8.95. The summed E-state index contributed by atoms with van der Waals surface area (Å²) in [5, 5.41) is 27.6. The van der Waals surface area contributed by atoms with Crippen molar-refractivity contribution >= 4 is 17.9 Å². The first-order valence-corrected chi connectivity index (χ1v) is 25.1. The topological polar surface area (TPSA) is 149 Å². The number of aliphatic hydroxyl groups excluding tert-OH is 2. The van der Waals surface area contributed by atoms with Crippen LogP contribution in [0, 0.1) is 11.7 Å². The van der Waals surface area contributed by atoms with E-state index in [1.807, 2.05) is 0 Å². The van der Waals surface area contributed by atoms with Crippen molar-refractivity contribution in [2.75, 3.05) is 14.2 Å². The Morgan fingerprint density at radius 1 is 0.494 bits per heavy atom. The van der Waals surface area contributed by atoms with E-state index in [2.05, 4.69) is 9.47 Å². The van der Waals surface area contributed by atoms with Gasteiger partial charge in [0, 0.05) is 17.1 Å². The van der Waals surface area contributed by atoms with Crippen molar-refractivity contribution in [2.45, 2.75) is 139 Å². The third-order valence-corrected chi connectivity index (χ3v) is 13.3. The Morgan fingerprint density at radius 3 is 1.18 bits per heavy atom. The van der Waals surface area contributed by atoms with Crippen LogP contribution >= 0.6 is 0 Å². The highest BCUT2D eigenvalue weighted by molar-refractivity contribution is 5.89. The summed E-state index contributed by atoms with van der Waals surface area (Å²) in [4.78, 5) is 33.9. The third-order valence-electron chi connectivity index (χ3n) is 13.3. The van der Waals surface area contributed by atoms with Gasteiger partial charge in [0.2, 0.25) is 0 Å². The number of hydrogen-bond donors (Lipinski definition) is 3. The van der Waals surface area contributed by atoms with E-state index in [0.29, 0.717) is 78.8 Å². The maximum atomic E-state index is 13.3. The average molecular weight is 1250 g/mol.